The van der Waals surface area contributed by atoms with Gasteiger partial charge in [-0.3, -0.25) is 0 Å². The first-order chi connectivity index (χ1) is 9.19. The number of hydrogen-bond acceptors (Lipinski definition) is 3. The molecule has 2 nitrogen and oxygen atoms in total. The van der Waals surface area contributed by atoms with Crippen LogP contribution in [0.15, 0.2) is 22.7 Å². The number of halogens is 1. The second-order valence-electron chi connectivity index (χ2n) is 5.06. The Kier molecular flexibility index (Phi) is 6.05. The van der Waals surface area contributed by atoms with Gasteiger partial charge in [0.15, 0.2) is 0 Å². The Hall–Kier alpha value is -0.190. The minimum atomic E-state index is -0.283. The third kappa shape index (κ3) is 4.69. The molecule has 19 heavy (non-hydrogen) atoms. The van der Waals surface area contributed by atoms with Crippen molar-refractivity contribution in [1.82, 2.24) is 0 Å². The maximum absolute atomic E-state index is 10.2. The van der Waals surface area contributed by atoms with E-state index in [4.69, 9.17) is 4.74 Å². The van der Waals surface area contributed by atoms with E-state index >= 15 is 0 Å². The van der Waals surface area contributed by atoms with E-state index in [1.807, 2.05) is 30.0 Å². The van der Waals surface area contributed by atoms with Crippen LogP contribution in [0.2, 0.25) is 0 Å². The van der Waals surface area contributed by atoms with Gasteiger partial charge in [0.25, 0.3) is 0 Å². The van der Waals surface area contributed by atoms with Crippen LogP contribution in [-0.4, -0.2) is 29.3 Å². The molecule has 1 aromatic carbocycles. The number of benzene rings is 1. The first-order valence-corrected chi connectivity index (χ1v) is 8.65. The van der Waals surface area contributed by atoms with Crippen LogP contribution in [0.25, 0.3) is 0 Å². The average Bonchev–Trinajstić information content (AvgIpc) is 2.92. The van der Waals surface area contributed by atoms with Gasteiger partial charge in [-0.25, -0.2) is 0 Å². The van der Waals surface area contributed by atoms with E-state index in [0.29, 0.717) is 6.42 Å². The molecule has 1 fully saturated rings. The molecule has 0 heterocycles. The molecule has 1 unspecified atom stereocenters. The molecular formula is C15H21BrO2S. The highest BCUT2D eigenvalue weighted by molar-refractivity contribution is 9.10. The van der Waals surface area contributed by atoms with Crippen molar-refractivity contribution in [2.24, 2.45) is 0 Å². The average molecular weight is 345 g/mol. The molecule has 0 radical (unpaired) electrons. The molecule has 0 aliphatic heterocycles. The lowest BCUT2D eigenvalue weighted by molar-refractivity contribution is 0.199. The zero-order valence-electron chi connectivity index (χ0n) is 11.3. The van der Waals surface area contributed by atoms with Gasteiger partial charge in [-0.1, -0.05) is 28.8 Å². The highest BCUT2D eigenvalue weighted by Gasteiger charge is 2.17. The van der Waals surface area contributed by atoms with Crippen LogP contribution in [0.1, 0.15) is 31.2 Å². The maximum atomic E-state index is 10.2. The van der Waals surface area contributed by atoms with Gasteiger partial charge in [0.2, 0.25) is 0 Å². The van der Waals surface area contributed by atoms with E-state index in [0.717, 1.165) is 26.8 Å². The van der Waals surface area contributed by atoms with Crippen LogP contribution in [0, 0.1) is 0 Å². The van der Waals surface area contributed by atoms with Crippen molar-refractivity contribution in [3.8, 4) is 5.75 Å². The molecular weight excluding hydrogens is 324 g/mol. The van der Waals surface area contributed by atoms with Crippen molar-refractivity contribution >= 4 is 27.7 Å². The van der Waals surface area contributed by atoms with Gasteiger partial charge in [-0.05, 0) is 36.6 Å². The summed E-state index contributed by atoms with van der Waals surface area (Å²) in [4.78, 5) is 0. The first kappa shape index (κ1) is 15.2. The predicted octanol–water partition coefficient (Wildman–Crippen LogP) is 4.04. The topological polar surface area (TPSA) is 29.5 Å². The SMILES string of the molecule is COc1ccc(Br)c(CC(O)CSC2CCCC2)c1. The van der Waals surface area contributed by atoms with Crippen LogP contribution in [0.5, 0.6) is 5.75 Å². The standard InChI is InChI=1S/C15H21BrO2S/c1-18-13-6-7-15(16)11(9-13)8-12(17)10-19-14-4-2-3-5-14/h6-7,9,12,14,17H,2-5,8,10H2,1H3. The van der Waals surface area contributed by atoms with Crippen molar-refractivity contribution in [2.75, 3.05) is 12.9 Å². The molecule has 0 spiro atoms. The second-order valence-corrected chi connectivity index (χ2v) is 7.24. The lowest BCUT2D eigenvalue weighted by atomic mass is 10.1. The van der Waals surface area contributed by atoms with Crippen LogP contribution >= 0.6 is 27.7 Å². The van der Waals surface area contributed by atoms with Gasteiger partial charge in [-0.2, -0.15) is 11.8 Å². The molecule has 0 amide bonds. The fourth-order valence-electron chi connectivity index (χ4n) is 2.45. The van der Waals surface area contributed by atoms with E-state index < -0.39 is 0 Å². The normalized spacial score (nSPS) is 17.6. The van der Waals surface area contributed by atoms with E-state index in [1.165, 1.54) is 25.7 Å². The fourth-order valence-corrected chi connectivity index (χ4v) is 4.14. The third-order valence-corrected chi connectivity index (χ3v) is 5.83. The summed E-state index contributed by atoms with van der Waals surface area (Å²) in [6, 6.07) is 5.89. The molecule has 0 aromatic heterocycles. The Morgan fingerprint density at radius 1 is 1.42 bits per heavy atom. The third-order valence-electron chi connectivity index (χ3n) is 3.53. The summed E-state index contributed by atoms with van der Waals surface area (Å²) in [6.07, 6.45) is 5.75. The van der Waals surface area contributed by atoms with Gasteiger partial charge in [-0.15, -0.1) is 0 Å². The van der Waals surface area contributed by atoms with E-state index in [1.54, 1.807) is 7.11 Å². The molecule has 1 N–H and O–H groups in total. The summed E-state index contributed by atoms with van der Waals surface area (Å²) in [5.74, 6) is 1.67. The van der Waals surface area contributed by atoms with Crippen molar-refractivity contribution < 1.29 is 9.84 Å². The van der Waals surface area contributed by atoms with E-state index in [9.17, 15) is 5.11 Å². The summed E-state index contributed by atoms with van der Waals surface area (Å²) in [7, 11) is 1.67. The Bertz CT molecular complexity index is 405. The van der Waals surface area contributed by atoms with Gasteiger partial charge in [0.05, 0.1) is 13.2 Å². The Labute approximate surface area is 128 Å². The molecule has 2 rings (SSSR count). The number of hydrogen-bond donors (Lipinski definition) is 1. The highest BCUT2D eigenvalue weighted by atomic mass is 79.9. The van der Waals surface area contributed by atoms with E-state index in [2.05, 4.69) is 15.9 Å². The van der Waals surface area contributed by atoms with Crippen LogP contribution < -0.4 is 4.74 Å². The smallest absolute Gasteiger partial charge is 0.119 e. The lowest BCUT2D eigenvalue weighted by Crippen LogP contribution is -2.16. The molecule has 1 aromatic rings. The number of rotatable bonds is 6. The number of ether oxygens (including phenoxy) is 1. The quantitative estimate of drug-likeness (QED) is 0.844. The summed E-state index contributed by atoms with van der Waals surface area (Å²) in [5, 5.41) is 10.9. The van der Waals surface area contributed by atoms with Gasteiger partial charge in [0, 0.05) is 21.9 Å². The predicted molar refractivity (Wildman–Crippen MR) is 85.1 cm³/mol. The fraction of sp³-hybridized carbons (Fsp3) is 0.600. The summed E-state index contributed by atoms with van der Waals surface area (Å²) < 4.78 is 6.27. The first-order valence-electron chi connectivity index (χ1n) is 6.81. The van der Waals surface area contributed by atoms with Gasteiger partial charge in [0.1, 0.15) is 5.75 Å². The number of thioether (sulfide) groups is 1. The van der Waals surface area contributed by atoms with Crippen LogP contribution in [-0.2, 0) is 6.42 Å². The van der Waals surface area contributed by atoms with E-state index in [-0.39, 0.29) is 6.10 Å². The van der Waals surface area contributed by atoms with Crippen molar-refractivity contribution in [1.29, 1.82) is 0 Å². The minimum absolute atomic E-state index is 0.283. The van der Waals surface area contributed by atoms with Gasteiger partial charge >= 0.3 is 0 Å². The molecule has 0 bridgehead atoms. The summed E-state index contributed by atoms with van der Waals surface area (Å²) in [6.45, 7) is 0. The largest absolute Gasteiger partial charge is 0.497 e. The van der Waals surface area contributed by atoms with Crippen molar-refractivity contribution in [3.63, 3.8) is 0 Å². The molecule has 106 valence electrons. The Balaban J connectivity index is 1.85. The zero-order valence-corrected chi connectivity index (χ0v) is 13.7. The Morgan fingerprint density at radius 3 is 2.84 bits per heavy atom. The zero-order chi connectivity index (χ0) is 13.7. The Morgan fingerprint density at radius 2 is 2.16 bits per heavy atom. The molecule has 0 saturated heterocycles. The number of methoxy groups -OCH3 is 1. The monoisotopic (exact) mass is 344 g/mol. The maximum Gasteiger partial charge on any atom is 0.119 e. The molecule has 1 saturated carbocycles. The second kappa shape index (κ2) is 7.55. The molecule has 1 aliphatic rings. The summed E-state index contributed by atoms with van der Waals surface area (Å²) in [5.41, 5.74) is 1.11. The van der Waals surface area contributed by atoms with Crippen molar-refractivity contribution in [3.05, 3.63) is 28.2 Å². The van der Waals surface area contributed by atoms with Gasteiger partial charge < -0.3 is 9.84 Å². The number of aliphatic hydroxyl groups is 1. The van der Waals surface area contributed by atoms with Crippen LogP contribution in [0.4, 0.5) is 0 Å². The lowest BCUT2D eigenvalue weighted by Gasteiger charge is -2.15. The van der Waals surface area contributed by atoms with Crippen LogP contribution in [0.3, 0.4) is 0 Å². The molecule has 1 atom stereocenters. The minimum Gasteiger partial charge on any atom is -0.497 e. The molecule has 4 heteroatoms. The number of aliphatic hydroxyl groups excluding tert-OH is 1. The van der Waals surface area contributed by atoms with Crippen molar-refractivity contribution in [2.45, 2.75) is 43.5 Å². The summed E-state index contributed by atoms with van der Waals surface area (Å²) >= 11 is 5.46. The highest BCUT2D eigenvalue weighted by Crippen LogP contribution is 2.30. The molecule has 1 aliphatic carbocycles.